The van der Waals surface area contributed by atoms with E-state index in [1.54, 1.807) is 0 Å². The number of nitrogens with zero attached hydrogens (tertiary/aromatic N) is 2. The molecule has 0 saturated heterocycles. The highest BCUT2D eigenvalue weighted by Crippen LogP contribution is 2.25. The summed E-state index contributed by atoms with van der Waals surface area (Å²) in [6.07, 6.45) is 3.93. The second-order valence-electron chi connectivity index (χ2n) is 5.84. The van der Waals surface area contributed by atoms with Gasteiger partial charge in [0.1, 0.15) is 0 Å². The second kappa shape index (κ2) is 6.24. The fourth-order valence-electron chi connectivity index (χ4n) is 2.97. The number of hydrogen-bond donors (Lipinski definition) is 1. The third-order valence-corrected chi connectivity index (χ3v) is 5.37. The number of hydrogen-bond acceptors (Lipinski definition) is 2. The zero-order chi connectivity index (χ0) is 15.7. The fraction of sp³-hybridized carbons (Fsp3) is 0.412. The number of aryl methyl sites for hydroxylation is 4. The lowest BCUT2D eigenvalue weighted by Crippen LogP contribution is -2.15. The van der Waals surface area contributed by atoms with Gasteiger partial charge in [0, 0.05) is 17.8 Å². The minimum absolute atomic E-state index is 0.0293. The summed E-state index contributed by atoms with van der Waals surface area (Å²) in [7, 11) is 0. The number of anilines is 1. The maximum absolute atomic E-state index is 12.1. The van der Waals surface area contributed by atoms with Crippen molar-refractivity contribution < 1.29 is 4.79 Å². The van der Waals surface area contributed by atoms with Gasteiger partial charge in [-0.15, -0.1) is 0 Å². The van der Waals surface area contributed by atoms with E-state index in [0.717, 1.165) is 34.4 Å². The summed E-state index contributed by atoms with van der Waals surface area (Å²) < 4.78 is 2.90. The molecule has 0 bridgehead atoms. The van der Waals surface area contributed by atoms with Gasteiger partial charge in [-0.2, -0.15) is 5.10 Å². The summed E-state index contributed by atoms with van der Waals surface area (Å²) >= 11 is 3.51. The number of nitrogens with one attached hydrogen (secondary N) is 1. The molecule has 5 heteroatoms. The number of halogens is 1. The molecular formula is C17H20BrN3O. The highest BCUT2D eigenvalue weighted by atomic mass is 79.9. The summed E-state index contributed by atoms with van der Waals surface area (Å²) in [5.74, 6) is 0.0293. The molecule has 1 heterocycles. The first kappa shape index (κ1) is 15.3. The van der Waals surface area contributed by atoms with Gasteiger partial charge in [-0.25, -0.2) is 0 Å². The predicted octanol–water partition coefficient (Wildman–Crippen LogP) is 3.78. The standard InChI is InChI=1S/C17H20BrN3O/c1-11-17(18)12(2)21(20-11)9-8-16(22)19-15-7-6-13-4-3-5-14(13)10-15/h6-7,10H,3-5,8-9H2,1-2H3,(H,19,22). The van der Waals surface area contributed by atoms with Crippen molar-refractivity contribution in [3.63, 3.8) is 0 Å². The first-order valence-corrected chi connectivity index (χ1v) is 8.45. The van der Waals surface area contributed by atoms with Crippen molar-refractivity contribution in [2.45, 2.75) is 46.1 Å². The van der Waals surface area contributed by atoms with Crippen LogP contribution in [0.1, 0.15) is 35.4 Å². The van der Waals surface area contributed by atoms with Crippen LogP contribution < -0.4 is 5.32 Å². The lowest BCUT2D eigenvalue weighted by molar-refractivity contribution is -0.116. The molecule has 1 aromatic heterocycles. The van der Waals surface area contributed by atoms with Gasteiger partial charge >= 0.3 is 0 Å². The average molecular weight is 362 g/mol. The third-order valence-electron chi connectivity index (χ3n) is 4.23. The molecule has 0 spiro atoms. The molecule has 116 valence electrons. The Kier molecular flexibility index (Phi) is 4.34. The number of amides is 1. The van der Waals surface area contributed by atoms with Gasteiger partial charge in [-0.3, -0.25) is 9.48 Å². The number of fused-ring (bicyclic) bond motifs is 1. The molecule has 1 amide bonds. The highest BCUT2D eigenvalue weighted by Gasteiger charge is 2.13. The first-order chi connectivity index (χ1) is 10.5. The Balaban J connectivity index is 1.59. The molecule has 22 heavy (non-hydrogen) atoms. The van der Waals surface area contributed by atoms with Gasteiger partial charge in [0.15, 0.2) is 0 Å². The van der Waals surface area contributed by atoms with Crippen molar-refractivity contribution in [2.75, 3.05) is 5.32 Å². The SMILES string of the molecule is Cc1nn(CCC(=O)Nc2ccc3c(c2)CCC3)c(C)c1Br. The summed E-state index contributed by atoms with van der Waals surface area (Å²) in [5, 5.41) is 7.42. The van der Waals surface area contributed by atoms with Crippen LogP contribution >= 0.6 is 15.9 Å². The number of carbonyl (C=O) groups is 1. The molecule has 0 aliphatic heterocycles. The highest BCUT2D eigenvalue weighted by molar-refractivity contribution is 9.10. The van der Waals surface area contributed by atoms with E-state index in [2.05, 4.69) is 38.5 Å². The molecule has 2 aromatic rings. The molecule has 0 atom stereocenters. The van der Waals surface area contributed by atoms with E-state index in [0.29, 0.717) is 13.0 Å². The van der Waals surface area contributed by atoms with Gasteiger partial charge in [0.05, 0.1) is 16.7 Å². The largest absolute Gasteiger partial charge is 0.326 e. The Labute approximate surface area is 139 Å². The number of benzene rings is 1. The molecule has 0 fully saturated rings. The zero-order valence-corrected chi connectivity index (χ0v) is 14.5. The quantitative estimate of drug-likeness (QED) is 0.900. The van der Waals surface area contributed by atoms with E-state index in [1.165, 1.54) is 17.5 Å². The Morgan fingerprint density at radius 2 is 2.09 bits per heavy atom. The van der Waals surface area contributed by atoms with Crippen LogP contribution in [0, 0.1) is 13.8 Å². The van der Waals surface area contributed by atoms with Crippen LogP contribution in [0.5, 0.6) is 0 Å². The van der Waals surface area contributed by atoms with E-state index in [1.807, 2.05) is 24.6 Å². The van der Waals surface area contributed by atoms with E-state index in [9.17, 15) is 4.79 Å². The van der Waals surface area contributed by atoms with E-state index in [-0.39, 0.29) is 5.91 Å². The molecule has 1 aromatic carbocycles. The van der Waals surface area contributed by atoms with Crippen LogP contribution in [0.25, 0.3) is 0 Å². The van der Waals surface area contributed by atoms with E-state index in [4.69, 9.17) is 0 Å². The number of aromatic nitrogens is 2. The van der Waals surface area contributed by atoms with Crippen LogP contribution in [0.15, 0.2) is 22.7 Å². The minimum Gasteiger partial charge on any atom is -0.326 e. The zero-order valence-electron chi connectivity index (χ0n) is 12.9. The van der Waals surface area contributed by atoms with Gasteiger partial charge in [0.2, 0.25) is 5.91 Å². The van der Waals surface area contributed by atoms with Crippen molar-refractivity contribution in [3.8, 4) is 0 Å². The summed E-state index contributed by atoms with van der Waals surface area (Å²) in [6, 6.07) is 6.25. The monoisotopic (exact) mass is 361 g/mol. The first-order valence-electron chi connectivity index (χ1n) is 7.66. The molecule has 1 aliphatic rings. The minimum atomic E-state index is 0.0293. The third kappa shape index (κ3) is 3.09. The molecular weight excluding hydrogens is 342 g/mol. The lowest BCUT2D eigenvalue weighted by Gasteiger charge is -2.08. The molecule has 1 N–H and O–H groups in total. The van der Waals surface area contributed by atoms with Crippen LogP contribution in [-0.2, 0) is 24.2 Å². The van der Waals surface area contributed by atoms with Gasteiger partial charge in [-0.1, -0.05) is 6.07 Å². The summed E-state index contributed by atoms with van der Waals surface area (Å²) in [6.45, 7) is 4.55. The maximum atomic E-state index is 12.1. The molecule has 4 nitrogen and oxygen atoms in total. The van der Waals surface area contributed by atoms with Crippen molar-refractivity contribution in [2.24, 2.45) is 0 Å². The maximum Gasteiger partial charge on any atom is 0.226 e. The second-order valence-corrected chi connectivity index (χ2v) is 6.64. The van der Waals surface area contributed by atoms with Crippen LogP contribution in [0.2, 0.25) is 0 Å². The molecule has 0 unspecified atom stereocenters. The van der Waals surface area contributed by atoms with Crippen molar-refractivity contribution in [3.05, 3.63) is 45.2 Å². The van der Waals surface area contributed by atoms with Crippen LogP contribution in [0.4, 0.5) is 5.69 Å². The normalized spacial score (nSPS) is 13.2. The lowest BCUT2D eigenvalue weighted by atomic mass is 10.1. The van der Waals surface area contributed by atoms with Gasteiger partial charge in [0.25, 0.3) is 0 Å². The topological polar surface area (TPSA) is 46.9 Å². The Morgan fingerprint density at radius 3 is 2.82 bits per heavy atom. The Morgan fingerprint density at radius 1 is 1.32 bits per heavy atom. The van der Waals surface area contributed by atoms with E-state index >= 15 is 0 Å². The van der Waals surface area contributed by atoms with Gasteiger partial charge in [-0.05, 0) is 72.3 Å². The average Bonchev–Trinajstić information content (AvgIpc) is 3.05. The van der Waals surface area contributed by atoms with Crippen molar-refractivity contribution in [1.82, 2.24) is 9.78 Å². The Bertz CT molecular complexity index is 721. The summed E-state index contributed by atoms with van der Waals surface area (Å²) in [5.41, 5.74) is 5.71. The van der Waals surface area contributed by atoms with Crippen molar-refractivity contribution in [1.29, 1.82) is 0 Å². The Hall–Kier alpha value is -1.62. The number of carbonyl (C=O) groups excluding carboxylic acids is 1. The van der Waals surface area contributed by atoms with Crippen LogP contribution in [0.3, 0.4) is 0 Å². The summed E-state index contributed by atoms with van der Waals surface area (Å²) in [4.78, 5) is 12.1. The van der Waals surface area contributed by atoms with Gasteiger partial charge < -0.3 is 5.32 Å². The number of rotatable bonds is 4. The molecule has 3 rings (SSSR count). The van der Waals surface area contributed by atoms with Crippen molar-refractivity contribution >= 4 is 27.5 Å². The van der Waals surface area contributed by atoms with E-state index < -0.39 is 0 Å². The van der Waals surface area contributed by atoms with Crippen LogP contribution in [-0.4, -0.2) is 15.7 Å². The predicted molar refractivity (Wildman–Crippen MR) is 91.1 cm³/mol. The molecule has 1 aliphatic carbocycles. The fourth-order valence-corrected chi connectivity index (χ4v) is 3.26. The molecule has 0 saturated carbocycles. The smallest absolute Gasteiger partial charge is 0.226 e. The molecule has 0 radical (unpaired) electrons.